The van der Waals surface area contributed by atoms with Gasteiger partial charge in [0.2, 0.25) is 0 Å². The van der Waals surface area contributed by atoms with Gasteiger partial charge in [-0.25, -0.2) is 4.79 Å². The van der Waals surface area contributed by atoms with Crippen LogP contribution in [0.2, 0.25) is 0 Å². The van der Waals surface area contributed by atoms with E-state index in [1.54, 1.807) is 24.3 Å². The van der Waals surface area contributed by atoms with E-state index in [4.69, 9.17) is 19.3 Å². The Hall–Kier alpha value is -2.23. The van der Waals surface area contributed by atoms with Crippen LogP contribution in [0.5, 0.6) is 5.75 Å². The fourth-order valence-electron chi connectivity index (χ4n) is 2.97. The Morgan fingerprint density at radius 1 is 1.09 bits per heavy atom. The Morgan fingerprint density at radius 2 is 1.75 bits per heavy atom. The maximum atomic E-state index is 12.7. The van der Waals surface area contributed by atoms with E-state index in [0.717, 1.165) is 10.0 Å². The number of ether oxygens (including phenoxy) is 3. The number of thiol groups is 1. The van der Waals surface area contributed by atoms with Crippen molar-refractivity contribution in [1.82, 2.24) is 0 Å². The number of benzene rings is 2. The lowest BCUT2D eigenvalue weighted by Gasteiger charge is -2.34. The molecule has 1 amide bonds. The Kier molecular flexibility index (Phi) is 10.3. The normalized spacial score (nSPS) is 12.0. The van der Waals surface area contributed by atoms with Crippen molar-refractivity contribution < 1.29 is 28.9 Å². The molecule has 0 radical (unpaired) electrons. The molecule has 0 aliphatic heterocycles. The molecule has 0 heterocycles. The molecule has 0 saturated carbocycles. The molecule has 0 unspecified atom stereocenters. The molecule has 9 heteroatoms. The third kappa shape index (κ3) is 8.37. The van der Waals surface area contributed by atoms with Gasteiger partial charge in [0.1, 0.15) is 18.5 Å². The molecule has 1 atom stereocenters. The van der Waals surface area contributed by atoms with E-state index in [1.807, 2.05) is 38.1 Å². The fourth-order valence-corrected chi connectivity index (χ4v) is 3.33. The third-order valence-corrected chi connectivity index (χ3v) is 5.49. The molecule has 0 fully saturated rings. The standard InChI is InChI=1S/C23H28BrNO6S/c1-23(2,11-13-30-20(27)15-32)21(16-3-9-19(10-4-16)29-14-12-26)31-22(28)25-18-7-5-17(24)6-8-18/h3-10,21,26,32H,11-15H2,1-2H3,(H,25,28)/t21-/m1/s1. The monoisotopic (exact) mass is 525 g/mol. The summed E-state index contributed by atoms with van der Waals surface area (Å²) in [5, 5.41) is 11.7. The van der Waals surface area contributed by atoms with Crippen LogP contribution in [0.15, 0.2) is 53.0 Å². The molecule has 0 aliphatic carbocycles. The number of rotatable bonds is 11. The summed E-state index contributed by atoms with van der Waals surface area (Å²) in [7, 11) is 0. The summed E-state index contributed by atoms with van der Waals surface area (Å²) >= 11 is 7.27. The molecule has 0 aromatic heterocycles. The minimum absolute atomic E-state index is 0.00521. The van der Waals surface area contributed by atoms with E-state index < -0.39 is 23.6 Å². The second kappa shape index (κ2) is 12.7. The number of esters is 1. The van der Waals surface area contributed by atoms with E-state index in [1.165, 1.54) is 0 Å². The summed E-state index contributed by atoms with van der Waals surface area (Å²) in [5.74, 6) is 0.201. The van der Waals surface area contributed by atoms with Gasteiger partial charge in [0.05, 0.1) is 19.0 Å². The van der Waals surface area contributed by atoms with Gasteiger partial charge in [-0.2, -0.15) is 12.6 Å². The molecule has 2 N–H and O–H groups in total. The molecule has 32 heavy (non-hydrogen) atoms. The molecule has 0 saturated heterocycles. The van der Waals surface area contributed by atoms with E-state index in [-0.39, 0.29) is 25.6 Å². The van der Waals surface area contributed by atoms with E-state index in [0.29, 0.717) is 17.9 Å². The van der Waals surface area contributed by atoms with Gasteiger partial charge in [0.15, 0.2) is 0 Å². The minimum atomic E-state index is -0.625. The summed E-state index contributed by atoms with van der Waals surface area (Å²) in [4.78, 5) is 24.1. The number of nitrogens with one attached hydrogen (secondary N) is 1. The first-order valence-electron chi connectivity index (χ1n) is 10.1. The maximum absolute atomic E-state index is 12.7. The predicted octanol–water partition coefficient (Wildman–Crippen LogP) is 5.00. The van der Waals surface area contributed by atoms with Crippen molar-refractivity contribution in [3.05, 3.63) is 58.6 Å². The van der Waals surface area contributed by atoms with Crippen molar-refractivity contribution in [2.45, 2.75) is 26.4 Å². The topological polar surface area (TPSA) is 94.1 Å². The Balaban J connectivity index is 2.17. The van der Waals surface area contributed by atoms with E-state index in [9.17, 15) is 9.59 Å². The van der Waals surface area contributed by atoms with Gasteiger partial charge >= 0.3 is 12.1 Å². The number of aliphatic hydroxyl groups excluding tert-OH is 1. The summed E-state index contributed by atoms with van der Waals surface area (Å²) < 4.78 is 17.3. The average molecular weight is 526 g/mol. The summed E-state index contributed by atoms with van der Waals surface area (Å²) in [6.45, 7) is 4.17. The number of hydrogen-bond donors (Lipinski definition) is 3. The lowest BCUT2D eigenvalue weighted by Crippen LogP contribution is -2.30. The number of carbonyl (C=O) groups excluding carboxylic acids is 2. The second-order valence-electron chi connectivity index (χ2n) is 7.68. The van der Waals surface area contributed by atoms with Crippen LogP contribution in [0.4, 0.5) is 10.5 Å². The SMILES string of the molecule is CC(C)(CCOC(=O)CS)[C@H](OC(=O)Nc1ccc(Br)cc1)c1ccc(OCCO)cc1. The van der Waals surface area contributed by atoms with Crippen molar-refractivity contribution in [3.63, 3.8) is 0 Å². The third-order valence-electron chi connectivity index (χ3n) is 4.71. The van der Waals surface area contributed by atoms with Crippen molar-refractivity contribution in [2.24, 2.45) is 5.41 Å². The Bertz CT molecular complexity index is 873. The molecule has 0 bridgehead atoms. The first kappa shape index (κ1) is 26.0. The maximum Gasteiger partial charge on any atom is 0.412 e. The molecule has 0 aliphatic rings. The fraction of sp³-hybridized carbons (Fsp3) is 0.391. The molecule has 2 aromatic carbocycles. The molecule has 0 spiro atoms. The van der Waals surface area contributed by atoms with Crippen LogP contribution in [-0.4, -0.2) is 42.7 Å². The van der Waals surface area contributed by atoms with Crippen LogP contribution in [0.1, 0.15) is 31.9 Å². The predicted molar refractivity (Wildman–Crippen MR) is 129 cm³/mol. The van der Waals surface area contributed by atoms with Gasteiger partial charge in [0, 0.05) is 15.6 Å². The molecule has 2 rings (SSSR count). The van der Waals surface area contributed by atoms with Crippen LogP contribution < -0.4 is 10.1 Å². The lowest BCUT2D eigenvalue weighted by molar-refractivity contribution is -0.141. The smallest absolute Gasteiger partial charge is 0.412 e. The van der Waals surface area contributed by atoms with Crippen molar-refractivity contribution in [3.8, 4) is 5.75 Å². The van der Waals surface area contributed by atoms with Gasteiger partial charge in [-0.15, -0.1) is 0 Å². The summed E-state index contributed by atoms with van der Waals surface area (Å²) in [5.41, 5.74) is 0.810. The number of halogens is 1. The average Bonchev–Trinajstić information content (AvgIpc) is 2.77. The van der Waals surface area contributed by atoms with Crippen LogP contribution in [0.3, 0.4) is 0 Å². The number of anilines is 1. The highest BCUT2D eigenvalue weighted by Gasteiger charge is 2.34. The molecule has 174 valence electrons. The van der Waals surface area contributed by atoms with Crippen molar-refractivity contribution in [2.75, 3.05) is 30.9 Å². The quantitative estimate of drug-likeness (QED) is 0.282. The van der Waals surface area contributed by atoms with Crippen molar-refractivity contribution in [1.29, 1.82) is 0 Å². The van der Waals surface area contributed by atoms with E-state index in [2.05, 4.69) is 33.9 Å². The Morgan fingerprint density at radius 3 is 2.34 bits per heavy atom. The van der Waals surface area contributed by atoms with Gasteiger partial charge < -0.3 is 19.3 Å². The molecular weight excluding hydrogens is 498 g/mol. The van der Waals surface area contributed by atoms with Crippen LogP contribution in [0, 0.1) is 5.41 Å². The number of aliphatic hydroxyl groups is 1. The largest absolute Gasteiger partial charge is 0.491 e. The van der Waals surface area contributed by atoms with E-state index >= 15 is 0 Å². The highest BCUT2D eigenvalue weighted by molar-refractivity contribution is 9.10. The zero-order chi connectivity index (χ0) is 23.6. The zero-order valence-electron chi connectivity index (χ0n) is 18.0. The van der Waals surface area contributed by atoms with Crippen LogP contribution in [-0.2, 0) is 14.3 Å². The molecular formula is C23H28BrNO6S. The van der Waals surface area contributed by atoms with Gasteiger partial charge in [0.25, 0.3) is 0 Å². The van der Waals surface area contributed by atoms with Gasteiger partial charge in [-0.3, -0.25) is 10.1 Å². The summed E-state index contributed by atoms with van der Waals surface area (Å²) in [6, 6.07) is 14.3. The van der Waals surface area contributed by atoms with Gasteiger partial charge in [-0.1, -0.05) is 41.9 Å². The zero-order valence-corrected chi connectivity index (χ0v) is 20.5. The van der Waals surface area contributed by atoms with Crippen LogP contribution >= 0.6 is 28.6 Å². The van der Waals surface area contributed by atoms with Crippen molar-refractivity contribution >= 4 is 46.3 Å². The Labute approximate surface area is 202 Å². The molecule has 7 nitrogen and oxygen atoms in total. The first-order valence-corrected chi connectivity index (χ1v) is 11.5. The highest BCUT2D eigenvalue weighted by atomic mass is 79.9. The highest BCUT2D eigenvalue weighted by Crippen LogP contribution is 2.40. The number of amides is 1. The summed E-state index contributed by atoms with van der Waals surface area (Å²) in [6.07, 6.45) is -0.760. The minimum Gasteiger partial charge on any atom is -0.491 e. The molecule has 2 aromatic rings. The number of carbonyl (C=O) groups is 2. The van der Waals surface area contributed by atoms with Gasteiger partial charge in [-0.05, 0) is 48.4 Å². The number of hydrogen-bond acceptors (Lipinski definition) is 7. The lowest BCUT2D eigenvalue weighted by atomic mass is 9.80. The first-order chi connectivity index (χ1) is 15.2. The van der Waals surface area contributed by atoms with Crippen LogP contribution in [0.25, 0.3) is 0 Å². The second-order valence-corrected chi connectivity index (χ2v) is 8.91.